The molecule has 1 aliphatic heterocycles. The van der Waals surface area contributed by atoms with Gasteiger partial charge in [-0.05, 0) is 33.6 Å². The van der Waals surface area contributed by atoms with Crippen LogP contribution in [-0.2, 0) is 14.3 Å². The molecule has 1 saturated heterocycles. The van der Waals surface area contributed by atoms with E-state index in [-0.39, 0.29) is 18.8 Å². The van der Waals surface area contributed by atoms with Crippen molar-refractivity contribution in [1.82, 2.24) is 0 Å². The zero-order chi connectivity index (χ0) is 13.6. The highest BCUT2D eigenvalue weighted by Crippen LogP contribution is 2.41. The number of furan rings is 1. The molecule has 0 atom stereocenters. The summed E-state index contributed by atoms with van der Waals surface area (Å²) in [6.07, 6.45) is 1.85. The van der Waals surface area contributed by atoms with Gasteiger partial charge in [0.15, 0.2) is 0 Å². The number of hydrogen-bond donors (Lipinski definition) is 0. The summed E-state index contributed by atoms with van der Waals surface area (Å²) in [5, 5.41) is 1.32. The topological polar surface area (TPSA) is 56.5 Å². The smallest absolute Gasteiger partial charge is 0.314 e. The summed E-state index contributed by atoms with van der Waals surface area (Å²) in [5.74, 6) is -1.30. The largest absolute Gasteiger partial charge is 0.463 e. The molecule has 1 aliphatic rings. The van der Waals surface area contributed by atoms with Crippen LogP contribution in [0.3, 0.4) is 0 Å². The van der Waals surface area contributed by atoms with Gasteiger partial charge < -0.3 is 9.15 Å². The lowest BCUT2D eigenvalue weighted by Crippen LogP contribution is -2.24. The van der Waals surface area contributed by atoms with Crippen molar-refractivity contribution in [2.75, 3.05) is 0 Å². The molecule has 2 heterocycles. The number of carbonyl (C=O) groups is 2. The predicted molar refractivity (Wildman–Crippen MR) is 72.0 cm³/mol. The maximum atomic E-state index is 11.4. The van der Waals surface area contributed by atoms with Crippen LogP contribution in [-0.4, -0.2) is 11.9 Å². The van der Waals surface area contributed by atoms with Gasteiger partial charge >= 0.3 is 11.9 Å². The summed E-state index contributed by atoms with van der Waals surface area (Å²) in [6.45, 7) is 0. The predicted octanol–water partition coefficient (Wildman–Crippen LogP) is 3.80. The third kappa shape index (κ3) is 2.17. The molecule has 2 aromatic rings. The minimum absolute atomic E-state index is 0.146. The van der Waals surface area contributed by atoms with Crippen LogP contribution in [0.1, 0.15) is 24.3 Å². The lowest BCUT2D eigenvalue weighted by Gasteiger charge is -2.21. The minimum atomic E-state index is -0.517. The standard InChI is InChI=1S/C13H8BrClO4/c14-8-5-9(15)12(7-1-2-18-13(7)8)6-3-10(16)19-11(17)4-6/h1-2,5-6H,3-4H2. The summed E-state index contributed by atoms with van der Waals surface area (Å²) in [7, 11) is 0. The molecule has 1 aromatic heterocycles. The highest BCUT2D eigenvalue weighted by atomic mass is 79.9. The summed E-state index contributed by atoms with van der Waals surface area (Å²) in [4.78, 5) is 22.8. The summed E-state index contributed by atoms with van der Waals surface area (Å²) < 4.78 is 10.7. The number of rotatable bonds is 1. The number of cyclic esters (lactones) is 2. The lowest BCUT2D eigenvalue weighted by molar-refractivity contribution is -0.163. The van der Waals surface area contributed by atoms with Crippen molar-refractivity contribution in [1.29, 1.82) is 0 Å². The first-order valence-corrected chi connectivity index (χ1v) is 6.82. The molecule has 19 heavy (non-hydrogen) atoms. The van der Waals surface area contributed by atoms with Gasteiger partial charge in [-0.1, -0.05) is 11.6 Å². The number of halogens is 2. The minimum Gasteiger partial charge on any atom is -0.463 e. The number of esters is 2. The molecule has 0 amide bonds. The molecule has 1 fully saturated rings. The first-order valence-electron chi connectivity index (χ1n) is 5.65. The Kier molecular flexibility index (Phi) is 3.11. The molecule has 6 heteroatoms. The molecule has 0 N–H and O–H groups in total. The van der Waals surface area contributed by atoms with Crippen LogP contribution >= 0.6 is 27.5 Å². The van der Waals surface area contributed by atoms with Crippen molar-refractivity contribution < 1.29 is 18.7 Å². The zero-order valence-electron chi connectivity index (χ0n) is 9.61. The van der Waals surface area contributed by atoms with Crippen molar-refractivity contribution >= 4 is 50.4 Å². The number of hydrogen-bond acceptors (Lipinski definition) is 4. The second-order valence-electron chi connectivity index (χ2n) is 4.37. The number of ether oxygens (including phenoxy) is 1. The van der Waals surface area contributed by atoms with Crippen LogP contribution in [0.5, 0.6) is 0 Å². The molecule has 0 saturated carbocycles. The van der Waals surface area contributed by atoms with Gasteiger partial charge in [-0.15, -0.1) is 0 Å². The normalized spacial score (nSPS) is 16.9. The van der Waals surface area contributed by atoms with E-state index in [1.54, 1.807) is 18.4 Å². The summed E-state index contributed by atoms with van der Waals surface area (Å²) in [5.41, 5.74) is 1.42. The summed E-state index contributed by atoms with van der Waals surface area (Å²) >= 11 is 9.63. The van der Waals surface area contributed by atoms with Crippen molar-refractivity contribution in [2.24, 2.45) is 0 Å². The Morgan fingerprint density at radius 1 is 1.26 bits per heavy atom. The second-order valence-corrected chi connectivity index (χ2v) is 5.63. The van der Waals surface area contributed by atoms with Crippen LogP contribution < -0.4 is 0 Å². The molecular weight excluding hydrogens is 335 g/mol. The number of carbonyl (C=O) groups excluding carboxylic acids is 2. The Labute approximate surface area is 121 Å². The van der Waals surface area contributed by atoms with E-state index in [0.29, 0.717) is 10.6 Å². The van der Waals surface area contributed by atoms with E-state index in [1.807, 2.05) is 0 Å². The average molecular weight is 344 g/mol. The Morgan fingerprint density at radius 2 is 1.95 bits per heavy atom. The van der Waals surface area contributed by atoms with E-state index in [4.69, 9.17) is 16.0 Å². The lowest BCUT2D eigenvalue weighted by atomic mass is 9.89. The molecular formula is C13H8BrClO4. The van der Waals surface area contributed by atoms with Gasteiger partial charge in [0.2, 0.25) is 0 Å². The van der Waals surface area contributed by atoms with E-state index in [9.17, 15) is 9.59 Å². The van der Waals surface area contributed by atoms with E-state index in [2.05, 4.69) is 20.7 Å². The molecule has 3 rings (SSSR count). The third-order valence-electron chi connectivity index (χ3n) is 3.15. The SMILES string of the molecule is O=C1CC(c2c(Cl)cc(Br)c3occc23)CC(=O)O1. The Balaban J connectivity index is 2.16. The van der Waals surface area contributed by atoms with E-state index in [1.165, 1.54) is 0 Å². The fourth-order valence-corrected chi connectivity index (χ4v) is 3.43. The van der Waals surface area contributed by atoms with Gasteiger partial charge in [-0.3, -0.25) is 9.59 Å². The van der Waals surface area contributed by atoms with Gasteiger partial charge in [0.1, 0.15) is 5.58 Å². The molecule has 0 unspecified atom stereocenters. The van der Waals surface area contributed by atoms with E-state index < -0.39 is 11.9 Å². The Morgan fingerprint density at radius 3 is 2.63 bits per heavy atom. The highest BCUT2D eigenvalue weighted by Gasteiger charge is 2.31. The number of fused-ring (bicyclic) bond motifs is 1. The first-order chi connectivity index (χ1) is 9.06. The van der Waals surface area contributed by atoms with Gasteiger partial charge in [0.05, 0.1) is 23.6 Å². The fourth-order valence-electron chi connectivity index (χ4n) is 2.39. The maximum Gasteiger partial charge on any atom is 0.314 e. The quantitative estimate of drug-likeness (QED) is 0.584. The van der Waals surface area contributed by atoms with Crippen molar-refractivity contribution in [2.45, 2.75) is 18.8 Å². The van der Waals surface area contributed by atoms with Crippen LogP contribution in [0.15, 0.2) is 27.3 Å². The maximum absolute atomic E-state index is 11.4. The first kappa shape index (κ1) is 12.7. The van der Waals surface area contributed by atoms with E-state index >= 15 is 0 Å². The average Bonchev–Trinajstić information content (AvgIpc) is 2.76. The highest BCUT2D eigenvalue weighted by molar-refractivity contribution is 9.10. The van der Waals surface area contributed by atoms with Gasteiger partial charge in [-0.25, -0.2) is 0 Å². The van der Waals surface area contributed by atoms with E-state index in [0.717, 1.165) is 15.4 Å². The molecule has 4 nitrogen and oxygen atoms in total. The monoisotopic (exact) mass is 342 g/mol. The van der Waals surface area contributed by atoms with Crippen molar-refractivity contribution in [3.8, 4) is 0 Å². The van der Waals surface area contributed by atoms with Gasteiger partial charge in [-0.2, -0.15) is 0 Å². The van der Waals surface area contributed by atoms with Crippen LogP contribution in [0.4, 0.5) is 0 Å². The van der Waals surface area contributed by atoms with Gasteiger partial charge in [0, 0.05) is 16.3 Å². The summed E-state index contributed by atoms with van der Waals surface area (Å²) in [6, 6.07) is 3.50. The molecule has 0 radical (unpaired) electrons. The molecule has 0 bridgehead atoms. The van der Waals surface area contributed by atoms with Crippen molar-refractivity contribution in [3.05, 3.63) is 33.5 Å². The second kappa shape index (κ2) is 4.65. The Bertz CT molecular complexity index is 675. The van der Waals surface area contributed by atoms with Crippen LogP contribution in [0.25, 0.3) is 11.0 Å². The molecule has 0 aliphatic carbocycles. The zero-order valence-corrected chi connectivity index (χ0v) is 12.0. The van der Waals surface area contributed by atoms with Crippen LogP contribution in [0, 0.1) is 0 Å². The van der Waals surface area contributed by atoms with Gasteiger partial charge in [0.25, 0.3) is 0 Å². The molecule has 1 aromatic carbocycles. The fraction of sp³-hybridized carbons (Fsp3) is 0.231. The van der Waals surface area contributed by atoms with Crippen LogP contribution in [0.2, 0.25) is 5.02 Å². The number of benzene rings is 1. The molecule has 0 spiro atoms. The molecule has 98 valence electrons. The third-order valence-corrected chi connectivity index (χ3v) is 4.05. The van der Waals surface area contributed by atoms with Crippen molar-refractivity contribution in [3.63, 3.8) is 0 Å². The Hall–Kier alpha value is -1.33.